The fourth-order valence-electron chi connectivity index (χ4n) is 7.11. The van der Waals surface area contributed by atoms with E-state index in [1.807, 2.05) is 6.08 Å². The molecule has 0 aromatic heterocycles. The van der Waals surface area contributed by atoms with Crippen molar-refractivity contribution in [1.82, 2.24) is 5.32 Å². The number of carbonyl (C=O) groups is 1. The zero-order valence-electron chi connectivity index (χ0n) is 34.7. The lowest BCUT2D eigenvalue weighted by Gasteiger charge is -2.40. The topological polar surface area (TPSA) is 149 Å². The average molecular weight is 768 g/mol. The number of allylic oxidation sites excluding steroid dienone is 3. The van der Waals surface area contributed by atoms with Crippen molar-refractivity contribution in [3.05, 3.63) is 24.3 Å². The van der Waals surface area contributed by atoms with Gasteiger partial charge >= 0.3 is 0 Å². The Hall–Kier alpha value is -1.33. The highest BCUT2D eigenvalue weighted by atomic mass is 16.7. The van der Waals surface area contributed by atoms with Crippen LogP contribution in [0.4, 0.5) is 0 Å². The Kier molecular flexibility index (Phi) is 33.8. The van der Waals surface area contributed by atoms with Crippen molar-refractivity contribution in [3.63, 3.8) is 0 Å². The van der Waals surface area contributed by atoms with E-state index in [0.717, 1.165) is 38.5 Å². The van der Waals surface area contributed by atoms with Crippen molar-refractivity contribution >= 4 is 5.91 Å². The van der Waals surface area contributed by atoms with E-state index in [9.17, 15) is 30.3 Å². The van der Waals surface area contributed by atoms with E-state index in [4.69, 9.17) is 9.47 Å². The zero-order valence-corrected chi connectivity index (χ0v) is 34.7. The number of ether oxygens (including phenoxy) is 2. The molecule has 0 bridgehead atoms. The molecule has 1 amide bonds. The van der Waals surface area contributed by atoms with Gasteiger partial charge in [-0.15, -0.1) is 0 Å². The van der Waals surface area contributed by atoms with Crippen molar-refractivity contribution in [3.8, 4) is 0 Å². The fraction of sp³-hybridized carbons (Fsp3) is 0.889. The molecule has 0 aliphatic carbocycles. The third kappa shape index (κ3) is 26.5. The van der Waals surface area contributed by atoms with Crippen LogP contribution < -0.4 is 5.32 Å². The lowest BCUT2D eigenvalue weighted by Crippen LogP contribution is -2.60. The summed E-state index contributed by atoms with van der Waals surface area (Å²) in [7, 11) is 0. The minimum atomic E-state index is -1.57. The minimum absolute atomic E-state index is 0.186. The number of carbonyl (C=O) groups excluding carboxylic acids is 1. The third-order valence-electron chi connectivity index (χ3n) is 10.8. The Labute approximate surface area is 330 Å². The lowest BCUT2D eigenvalue weighted by atomic mass is 9.99. The van der Waals surface area contributed by atoms with Crippen LogP contribution in [0.25, 0.3) is 0 Å². The number of unbranched alkanes of at least 4 members (excludes halogenated alkanes) is 25. The monoisotopic (exact) mass is 768 g/mol. The molecule has 1 aliphatic rings. The van der Waals surface area contributed by atoms with Crippen LogP contribution in [-0.2, 0) is 14.3 Å². The molecule has 1 heterocycles. The summed E-state index contributed by atoms with van der Waals surface area (Å²) in [6, 6.07) is -0.815. The summed E-state index contributed by atoms with van der Waals surface area (Å²) in [5.41, 5.74) is 0. The molecule has 1 saturated heterocycles. The number of nitrogens with one attached hydrogen (secondary N) is 1. The van der Waals surface area contributed by atoms with Gasteiger partial charge in [-0.3, -0.25) is 4.79 Å². The average Bonchev–Trinajstić information content (AvgIpc) is 3.17. The maximum absolute atomic E-state index is 12.9. The van der Waals surface area contributed by atoms with Crippen molar-refractivity contribution in [1.29, 1.82) is 0 Å². The first-order valence-electron chi connectivity index (χ1n) is 22.6. The predicted molar refractivity (Wildman–Crippen MR) is 221 cm³/mol. The van der Waals surface area contributed by atoms with Crippen molar-refractivity contribution < 1.29 is 39.8 Å². The molecule has 0 saturated carbocycles. The zero-order chi connectivity index (χ0) is 39.5. The van der Waals surface area contributed by atoms with E-state index >= 15 is 0 Å². The Morgan fingerprint density at radius 2 is 1.06 bits per heavy atom. The molecular weight excluding hydrogens is 682 g/mol. The second-order valence-electron chi connectivity index (χ2n) is 15.8. The molecule has 0 radical (unpaired) electrons. The molecule has 2 unspecified atom stereocenters. The number of amides is 1. The molecule has 9 heteroatoms. The summed E-state index contributed by atoms with van der Waals surface area (Å²) in [6.07, 6.45) is 35.1. The second-order valence-corrected chi connectivity index (χ2v) is 15.8. The van der Waals surface area contributed by atoms with Gasteiger partial charge in [0.1, 0.15) is 24.4 Å². The first-order valence-corrected chi connectivity index (χ1v) is 22.6. The van der Waals surface area contributed by atoms with E-state index in [0.29, 0.717) is 6.42 Å². The van der Waals surface area contributed by atoms with Gasteiger partial charge in [0.05, 0.1) is 25.4 Å². The molecule has 7 atom stereocenters. The first-order chi connectivity index (χ1) is 26.3. The van der Waals surface area contributed by atoms with Crippen LogP contribution >= 0.6 is 0 Å². The van der Waals surface area contributed by atoms with Crippen LogP contribution in [0.2, 0.25) is 0 Å². The van der Waals surface area contributed by atoms with E-state index in [1.165, 1.54) is 141 Å². The molecule has 0 spiro atoms. The van der Waals surface area contributed by atoms with E-state index in [2.05, 4.69) is 31.3 Å². The Bertz CT molecular complexity index is 899. The van der Waals surface area contributed by atoms with E-state index < -0.39 is 49.5 Å². The summed E-state index contributed by atoms with van der Waals surface area (Å²) in [4.78, 5) is 12.9. The van der Waals surface area contributed by atoms with Crippen LogP contribution in [0.3, 0.4) is 0 Å². The molecule has 1 aliphatic heterocycles. The number of aliphatic hydroxyl groups excluding tert-OH is 5. The van der Waals surface area contributed by atoms with Crippen LogP contribution in [0.5, 0.6) is 0 Å². The van der Waals surface area contributed by atoms with Crippen LogP contribution in [0.1, 0.15) is 200 Å². The molecule has 6 N–H and O–H groups in total. The molecule has 0 aromatic carbocycles. The number of aliphatic hydroxyl groups is 5. The molecule has 1 rings (SSSR count). The predicted octanol–water partition coefficient (Wildman–Crippen LogP) is 9.11. The van der Waals surface area contributed by atoms with E-state index in [-0.39, 0.29) is 12.5 Å². The molecule has 54 heavy (non-hydrogen) atoms. The van der Waals surface area contributed by atoms with Crippen molar-refractivity contribution in [2.75, 3.05) is 13.2 Å². The number of hydrogen-bond acceptors (Lipinski definition) is 8. The molecule has 9 nitrogen and oxygen atoms in total. The maximum atomic E-state index is 12.9. The highest BCUT2D eigenvalue weighted by Crippen LogP contribution is 2.22. The fourth-order valence-corrected chi connectivity index (χ4v) is 7.11. The number of rotatable bonds is 37. The first kappa shape index (κ1) is 50.7. The van der Waals surface area contributed by atoms with Gasteiger partial charge in [0.2, 0.25) is 5.91 Å². The van der Waals surface area contributed by atoms with Gasteiger partial charge in [0.15, 0.2) is 6.29 Å². The van der Waals surface area contributed by atoms with Crippen molar-refractivity contribution in [2.45, 2.75) is 243 Å². The summed E-state index contributed by atoms with van der Waals surface area (Å²) in [6.45, 7) is 3.74. The Morgan fingerprint density at radius 3 is 1.56 bits per heavy atom. The molecule has 0 aromatic rings. The smallest absolute Gasteiger partial charge is 0.220 e. The quantitative estimate of drug-likeness (QED) is 0.0271. The summed E-state index contributed by atoms with van der Waals surface area (Å²) < 4.78 is 11.2. The third-order valence-corrected chi connectivity index (χ3v) is 10.8. The van der Waals surface area contributed by atoms with Gasteiger partial charge in [-0.05, 0) is 32.1 Å². The molecule has 1 fully saturated rings. The van der Waals surface area contributed by atoms with Gasteiger partial charge in [-0.25, -0.2) is 0 Å². The second kappa shape index (κ2) is 36.0. The Balaban J connectivity index is 2.34. The van der Waals surface area contributed by atoms with Crippen LogP contribution in [0.15, 0.2) is 24.3 Å². The van der Waals surface area contributed by atoms with Crippen LogP contribution in [-0.4, -0.2) is 87.5 Å². The SMILES string of the molecule is CCCCCCCC/C=C/CC/C=C/[C@@H](O)[C@H](CO[C@H]1O[C@@H](CO)[C@H](O)C(O)C1O)NC(=O)CCCCCCCCCCCCCCCCCCCCC. The summed E-state index contributed by atoms with van der Waals surface area (Å²) >= 11 is 0. The van der Waals surface area contributed by atoms with Gasteiger partial charge in [0.25, 0.3) is 0 Å². The highest BCUT2D eigenvalue weighted by molar-refractivity contribution is 5.76. The van der Waals surface area contributed by atoms with Gasteiger partial charge in [-0.1, -0.05) is 186 Å². The van der Waals surface area contributed by atoms with Crippen molar-refractivity contribution in [2.24, 2.45) is 0 Å². The normalized spacial score (nSPS) is 21.6. The van der Waals surface area contributed by atoms with Gasteiger partial charge in [-0.2, -0.15) is 0 Å². The number of hydrogen-bond donors (Lipinski definition) is 6. The Morgan fingerprint density at radius 1 is 0.611 bits per heavy atom. The minimum Gasteiger partial charge on any atom is -0.394 e. The van der Waals surface area contributed by atoms with Gasteiger partial charge in [0, 0.05) is 6.42 Å². The molecular formula is C45H85NO8. The standard InChI is InChI=1S/C45H85NO8/c1-3-5-7-9-11-13-15-17-18-19-20-21-22-23-25-27-29-31-33-35-41(49)46-38(37-53-45-44(52)43(51)42(50)40(36-47)54-45)39(48)34-32-30-28-26-24-16-14-12-10-8-6-4-2/h24,26,32,34,38-40,42-45,47-48,50-52H,3-23,25,27-31,33,35-37H2,1-2H3,(H,46,49)/b26-24+,34-32+/t38-,39+,40-,42-,43?,44?,45-/m0/s1. The summed E-state index contributed by atoms with van der Waals surface area (Å²) in [5, 5.41) is 54.0. The van der Waals surface area contributed by atoms with E-state index in [1.54, 1.807) is 6.08 Å². The maximum Gasteiger partial charge on any atom is 0.220 e. The summed E-state index contributed by atoms with van der Waals surface area (Å²) in [5.74, 6) is -0.186. The largest absolute Gasteiger partial charge is 0.394 e. The lowest BCUT2D eigenvalue weighted by molar-refractivity contribution is -0.302. The molecule has 318 valence electrons. The highest BCUT2D eigenvalue weighted by Gasteiger charge is 2.44. The van der Waals surface area contributed by atoms with Gasteiger partial charge < -0.3 is 40.3 Å². The van der Waals surface area contributed by atoms with Crippen LogP contribution in [0, 0.1) is 0 Å².